The maximum absolute atomic E-state index is 11.6. The lowest BCUT2D eigenvalue weighted by molar-refractivity contribution is 0.412. The molecule has 8 heteroatoms. The Morgan fingerprint density at radius 1 is 1.60 bits per heavy atom. The summed E-state index contributed by atoms with van der Waals surface area (Å²) in [7, 11) is 0.185. The molecule has 0 bridgehead atoms. The highest BCUT2D eigenvalue weighted by molar-refractivity contribution is 7.89. The van der Waals surface area contributed by atoms with E-state index in [1.54, 1.807) is 0 Å². The monoisotopic (exact) mass is 233 g/mol. The van der Waals surface area contributed by atoms with E-state index in [2.05, 4.69) is 14.9 Å². The van der Waals surface area contributed by atoms with Crippen molar-refractivity contribution in [3.8, 4) is 0 Å². The van der Waals surface area contributed by atoms with Crippen LogP contribution < -0.4 is 10.5 Å². The number of nitrogens with zero attached hydrogens (tertiary/aromatic N) is 2. The number of aromatic nitrogens is 2. The van der Waals surface area contributed by atoms with Gasteiger partial charge in [0.25, 0.3) is 0 Å². The summed E-state index contributed by atoms with van der Waals surface area (Å²) < 4.78 is 25.7. The molecule has 1 aromatic rings. The Bertz CT molecular complexity index is 411. The van der Waals surface area contributed by atoms with Crippen LogP contribution in [0.4, 0.5) is 5.82 Å². The second kappa shape index (κ2) is 4.60. The number of anilines is 1. The highest BCUT2D eigenvalue weighted by Crippen LogP contribution is 2.12. The topological polar surface area (TPSA) is 104 Å². The van der Waals surface area contributed by atoms with E-state index in [1.807, 2.05) is 19.0 Å². The summed E-state index contributed by atoms with van der Waals surface area (Å²) in [6, 6.07) is 0. The van der Waals surface area contributed by atoms with E-state index >= 15 is 0 Å². The summed E-state index contributed by atoms with van der Waals surface area (Å²) >= 11 is 0. The van der Waals surface area contributed by atoms with Crippen LogP contribution in [0.2, 0.25) is 0 Å². The van der Waals surface area contributed by atoms with Crippen molar-refractivity contribution in [1.82, 2.24) is 19.8 Å². The maximum Gasteiger partial charge on any atom is 0.245 e. The van der Waals surface area contributed by atoms with Gasteiger partial charge in [0.15, 0.2) is 0 Å². The first-order chi connectivity index (χ1) is 6.93. The number of nitrogens with two attached hydrogens (primary N) is 1. The molecule has 0 saturated heterocycles. The lowest BCUT2D eigenvalue weighted by Crippen LogP contribution is -2.31. The fourth-order valence-corrected chi connectivity index (χ4v) is 2.02. The quantitative estimate of drug-likeness (QED) is 0.594. The molecule has 0 saturated carbocycles. The van der Waals surface area contributed by atoms with Crippen LogP contribution in [-0.2, 0) is 10.0 Å². The first kappa shape index (κ1) is 12.0. The van der Waals surface area contributed by atoms with Gasteiger partial charge in [0.2, 0.25) is 10.0 Å². The van der Waals surface area contributed by atoms with Crippen LogP contribution in [0.25, 0.3) is 0 Å². The second-order valence-corrected chi connectivity index (χ2v) is 5.08. The van der Waals surface area contributed by atoms with Crippen LogP contribution >= 0.6 is 0 Å². The van der Waals surface area contributed by atoms with Crippen LogP contribution in [0.5, 0.6) is 0 Å². The Balaban J connectivity index is 2.65. The van der Waals surface area contributed by atoms with Crippen molar-refractivity contribution in [3.05, 3.63) is 6.20 Å². The van der Waals surface area contributed by atoms with E-state index in [0.717, 1.165) is 0 Å². The van der Waals surface area contributed by atoms with Gasteiger partial charge in [-0.15, -0.1) is 0 Å². The van der Waals surface area contributed by atoms with Gasteiger partial charge < -0.3 is 10.6 Å². The summed E-state index contributed by atoms with van der Waals surface area (Å²) in [6.07, 6.45) is 1.19. The number of nitrogen functional groups attached to an aromatic ring is 1. The molecule has 1 heterocycles. The van der Waals surface area contributed by atoms with Crippen molar-refractivity contribution in [1.29, 1.82) is 0 Å². The molecule has 0 spiro atoms. The minimum absolute atomic E-state index is 0.0127. The van der Waals surface area contributed by atoms with Gasteiger partial charge in [-0.05, 0) is 14.1 Å². The number of sulfonamides is 1. The maximum atomic E-state index is 11.6. The van der Waals surface area contributed by atoms with Gasteiger partial charge in [0, 0.05) is 13.1 Å². The molecular formula is C7H15N5O2S. The van der Waals surface area contributed by atoms with Crippen LogP contribution in [0, 0.1) is 0 Å². The van der Waals surface area contributed by atoms with Crippen molar-refractivity contribution in [2.45, 2.75) is 4.90 Å². The van der Waals surface area contributed by atoms with Gasteiger partial charge in [0.05, 0.1) is 6.20 Å². The van der Waals surface area contributed by atoms with Crippen LogP contribution in [-0.4, -0.2) is 50.7 Å². The molecule has 4 N–H and O–H groups in total. The Kier molecular flexibility index (Phi) is 3.66. The molecule has 0 amide bonds. The Morgan fingerprint density at radius 3 is 2.73 bits per heavy atom. The standard InChI is InChI=1S/C7H15N5O2S/c1-12(2)4-3-10-15(13,14)6-5-9-11-7(6)8/h5,10H,3-4H2,1-2H3,(H3,8,9,11). The third kappa shape index (κ3) is 3.18. The van der Waals surface area contributed by atoms with Crippen molar-refractivity contribution in [2.24, 2.45) is 0 Å². The largest absolute Gasteiger partial charge is 0.383 e. The molecule has 0 aromatic carbocycles. The summed E-state index contributed by atoms with van der Waals surface area (Å²) in [5.41, 5.74) is 5.41. The van der Waals surface area contributed by atoms with E-state index < -0.39 is 10.0 Å². The fraction of sp³-hybridized carbons (Fsp3) is 0.571. The zero-order valence-electron chi connectivity index (χ0n) is 8.69. The molecule has 0 aliphatic carbocycles. The molecule has 1 rings (SSSR count). The van der Waals surface area contributed by atoms with E-state index in [4.69, 9.17) is 5.73 Å². The molecule has 0 atom stereocenters. The highest BCUT2D eigenvalue weighted by atomic mass is 32.2. The predicted octanol–water partition coefficient (Wildman–Crippen LogP) is -1.17. The number of hydrogen-bond donors (Lipinski definition) is 3. The van der Waals surface area contributed by atoms with Gasteiger partial charge in [-0.2, -0.15) is 5.10 Å². The molecule has 0 fully saturated rings. The molecule has 15 heavy (non-hydrogen) atoms. The number of rotatable bonds is 5. The average molecular weight is 233 g/mol. The lowest BCUT2D eigenvalue weighted by Gasteiger charge is -2.10. The predicted molar refractivity (Wildman–Crippen MR) is 56.7 cm³/mol. The third-order valence-electron chi connectivity index (χ3n) is 1.77. The molecule has 0 aliphatic rings. The van der Waals surface area contributed by atoms with Crippen molar-refractivity contribution in [3.63, 3.8) is 0 Å². The van der Waals surface area contributed by atoms with Crippen LogP contribution in [0.15, 0.2) is 11.1 Å². The van der Waals surface area contributed by atoms with E-state index in [1.165, 1.54) is 6.20 Å². The Morgan fingerprint density at radius 2 is 2.27 bits per heavy atom. The van der Waals surface area contributed by atoms with Crippen LogP contribution in [0.1, 0.15) is 0 Å². The Hall–Kier alpha value is -1.12. The van der Waals surface area contributed by atoms with Gasteiger partial charge >= 0.3 is 0 Å². The van der Waals surface area contributed by atoms with Crippen LogP contribution in [0.3, 0.4) is 0 Å². The fourth-order valence-electron chi connectivity index (χ4n) is 0.981. The minimum Gasteiger partial charge on any atom is -0.383 e. The van der Waals surface area contributed by atoms with Gasteiger partial charge in [-0.1, -0.05) is 0 Å². The van der Waals surface area contributed by atoms with Crippen molar-refractivity contribution in [2.75, 3.05) is 32.9 Å². The lowest BCUT2D eigenvalue weighted by atomic mass is 10.6. The Labute approximate surface area is 88.7 Å². The van der Waals surface area contributed by atoms with Crippen molar-refractivity contribution >= 4 is 15.8 Å². The number of H-pyrrole nitrogens is 1. The smallest absolute Gasteiger partial charge is 0.245 e. The van der Waals surface area contributed by atoms with Gasteiger partial charge in [-0.3, -0.25) is 5.10 Å². The van der Waals surface area contributed by atoms with E-state index in [-0.39, 0.29) is 10.7 Å². The molecule has 7 nitrogen and oxygen atoms in total. The van der Waals surface area contributed by atoms with Gasteiger partial charge in [0.1, 0.15) is 10.7 Å². The van der Waals surface area contributed by atoms with E-state index in [9.17, 15) is 8.42 Å². The molecule has 0 unspecified atom stereocenters. The second-order valence-electron chi connectivity index (χ2n) is 3.35. The minimum atomic E-state index is -3.54. The summed E-state index contributed by atoms with van der Waals surface area (Å²) in [5.74, 6) is 0.0485. The average Bonchev–Trinajstić information content (AvgIpc) is 2.50. The first-order valence-corrected chi connectivity index (χ1v) is 5.85. The number of nitrogens with one attached hydrogen (secondary N) is 2. The third-order valence-corrected chi connectivity index (χ3v) is 3.26. The first-order valence-electron chi connectivity index (χ1n) is 4.36. The number of aromatic amines is 1. The number of hydrogen-bond acceptors (Lipinski definition) is 5. The molecular weight excluding hydrogens is 218 g/mol. The summed E-state index contributed by atoms with van der Waals surface area (Å²) in [6.45, 7) is 0.955. The zero-order valence-corrected chi connectivity index (χ0v) is 9.50. The van der Waals surface area contributed by atoms with E-state index in [0.29, 0.717) is 13.1 Å². The summed E-state index contributed by atoms with van der Waals surface area (Å²) in [5, 5.41) is 5.92. The molecule has 86 valence electrons. The van der Waals surface area contributed by atoms with Crippen molar-refractivity contribution < 1.29 is 8.42 Å². The normalized spacial score (nSPS) is 12.2. The SMILES string of the molecule is CN(C)CCNS(=O)(=O)c1cn[nH]c1N. The molecule has 0 aliphatic heterocycles. The number of likely N-dealkylation sites (N-methyl/N-ethyl adjacent to an activating group) is 1. The summed E-state index contributed by atoms with van der Waals surface area (Å²) in [4.78, 5) is 1.86. The highest BCUT2D eigenvalue weighted by Gasteiger charge is 2.18. The molecule has 0 radical (unpaired) electrons. The molecule has 1 aromatic heterocycles. The zero-order chi connectivity index (χ0) is 11.5. The van der Waals surface area contributed by atoms with Gasteiger partial charge in [-0.25, -0.2) is 13.1 Å².